The minimum absolute atomic E-state index is 0.122. The topological polar surface area (TPSA) is 122 Å². The van der Waals surface area contributed by atoms with Crippen LogP contribution < -0.4 is 10.6 Å². The Bertz CT molecular complexity index is 1010. The van der Waals surface area contributed by atoms with Gasteiger partial charge in [-0.3, -0.25) is 19.2 Å². The van der Waals surface area contributed by atoms with Crippen molar-refractivity contribution in [3.63, 3.8) is 0 Å². The van der Waals surface area contributed by atoms with E-state index in [4.69, 9.17) is 4.84 Å². The first-order chi connectivity index (χ1) is 13.5. The second kappa shape index (κ2) is 6.62. The molecular weight excluding hydrogens is 366 g/mol. The summed E-state index contributed by atoms with van der Waals surface area (Å²) in [7, 11) is 0. The van der Waals surface area contributed by atoms with Crippen LogP contribution in [-0.2, 0) is 14.4 Å². The predicted molar refractivity (Wildman–Crippen MR) is 94.0 cm³/mol. The molecule has 0 fully saturated rings. The molecule has 28 heavy (non-hydrogen) atoms. The fourth-order valence-electron chi connectivity index (χ4n) is 3.01. The molecule has 0 spiro atoms. The van der Waals surface area contributed by atoms with Gasteiger partial charge in [-0.25, -0.2) is 4.79 Å². The second-order valence-electron chi connectivity index (χ2n) is 6.18. The van der Waals surface area contributed by atoms with Gasteiger partial charge in [-0.15, -0.1) is 0 Å². The molecule has 2 aliphatic heterocycles. The maximum Gasteiger partial charge on any atom is 0.335 e. The molecule has 0 saturated heterocycles. The number of nitrogens with one attached hydrogen (secondary N) is 2. The van der Waals surface area contributed by atoms with E-state index >= 15 is 0 Å². The molecule has 4 rings (SSSR count). The summed E-state index contributed by atoms with van der Waals surface area (Å²) < 4.78 is 0. The molecule has 0 aliphatic carbocycles. The van der Waals surface area contributed by atoms with Gasteiger partial charge in [0.15, 0.2) is 0 Å². The van der Waals surface area contributed by atoms with Gasteiger partial charge in [0, 0.05) is 0 Å². The number of imide groups is 1. The van der Waals surface area contributed by atoms with Gasteiger partial charge in [0.25, 0.3) is 17.7 Å². The number of fused-ring (bicyclic) bond motifs is 2. The highest BCUT2D eigenvalue weighted by Crippen LogP contribution is 2.23. The summed E-state index contributed by atoms with van der Waals surface area (Å²) in [6.45, 7) is 0. The van der Waals surface area contributed by atoms with Crippen LogP contribution in [0.2, 0.25) is 0 Å². The number of para-hydroxylation sites is 1. The maximum atomic E-state index is 12.3. The van der Waals surface area contributed by atoms with E-state index in [-0.39, 0.29) is 16.7 Å². The van der Waals surface area contributed by atoms with Gasteiger partial charge in [0.1, 0.15) is 6.04 Å². The Morgan fingerprint density at radius 3 is 2.11 bits per heavy atom. The number of rotatable bonds is 3. The SMILES string of the molecule is O=C(C[C@@H]1NC(=O)c2ccccc2NC1=O)ON1C(=O)c2ccccc2C1=O. The van der Waals surface area contributed by atoms with E-state index in [1.807, 2.05) is 0 Å². The lowest BCUT2D eigenvalue weighted by Crippen LogP contribution is -2.44. The average molecular weight is 379 g/mol. The summed E-state index contributed by atoms with van der Waals surface area (Å²) in [6.07, 6.45) is -0.557. The Labute approximate surface area is 158 Å². The van der Waals surface area contributed by atoms with Gasteiger partial charge in [0.2, 0.25) is 5.91 Å². The molecule has 9 heteroatoms. The number of carbonyl (C=O) groups excluding carboxylic acids is 5. The molecule has 2 N–H and O–H groups in total. The Balaban J connectivity index is 1.46. The summed E-state index contributed by atoms with van der Waals surface area (Å²) in [4.78, 5) is 66.2. The largest absolute Gasteiger partial charge is 0.340 e. The molecular formula is C19H13N3O6. The highest BCUT2D eigenvalue weighted by atomic mass is 16.7. The first-order valence-electron chi connectivity index (χ1n) is 8.35. The van der Waals surface area contributed by atoms with Gasteiger partial charge in [-0.2, -0.15) is 0 Å². The Morgan fingerprint density at radius 2 is 1.46 bits per heavy atom. The molecule has 2 aliphatic rings. The number of hydrogen-bond acceptors (Lipinski definition) is 6. The van der Waals surface area contributed by atoms with Crippen molar-refractivity contribution in [2.24, 2.45) is 0 Å². The van der Waals surface area contributed by atoms with Crippen molar-refractivity contribution in [1.29, 1.82) is 0 Å². The van der Waals surface area contributed by atoms with Crippen molar-refractivity contribution < 1.29 is 28.8 Å². The van der Waals surface area contributed by atoms with Gasteiger partial charge >= 0.3 is 5.97 Å². The lowest BCUT2D eigenvalue weighted by Gasteiger charge is -2.16. The van der Waals surface area contributed by atoms with Gasteiger partial charge < -0.3 is 15.5 Å². The summed E-state index contributed by atoms with van der Waals surface area (Å²) in [6, 6.07) is 11.2. The molecule has 2 heterocycles. The van der Waals surface area contributed by atoms with E-state index in [0.717, 1.165) is 0 Å². The Hall–Kier alpha value is -4.01. The van der Waals surface area contributed by atoms with Crippen LogP contribution >= 0.6 is 0 Å². The summed E-state index contributed by atoms with van der Waals surface area (Å²) in [5.74, 6) is -3.70. The smallest absolute Gasteiger partial charge is 0.335 e. The zero-order valence-electron chi connectivity index (χ0n) is 14.3. The average Bonchev–Trinajstić information content (AvgIpc) is 2.85. The first-order valence-corrected chi connectivity index (χ1v) is 8.35. The predicted octanol–water partition coefficient (Wildman–Crippen LogP) is 0.882. The zero-order chi connectivity index (χ0) is 19.8. The summed E-state index contributed by atoms with van der Waals surface area (Å²) in [5.41, 5.74) is 0.820. The van der Waals surface area contributed by atoms with Crippen LogP contribution in [0.3, 0.4) is 0 Å². The van der Waals surface area contributed by atoms with Crippen LogP contribution in [0, 0.1) is 0 Å². The van der Waals surface area contributed by atoms with E-state index in [1.54, 1.807) is 30.3 Å². The van der Waals surface area contributed by atoms with E-state index in [9.17, 15) is 24.0 Å². The second-order valence-corrected chi connectivity index (χ2v) is 6.18. The summed E-state index contributed by atoms with van der Waals surface area (Å²) in [5, 5.41) is 5.36. The van der Waals surface area contributed by atoms with Crippen LogP contribution in [0.15, 0.2) is 48.5 Å². The number of carbonyl (C=O) groups is 5. The zero-order valence-corrected chi connectivity index (χ0v) is 14.3. The van der Waals surface area contributed by atoms with Gasteiger partial charge in [-0.1, -0.05) is 29.3 Å². The van der Waals surface area contributed by atoms with Crippen molar-refractivity contribution in [3.05, 3.63) is 65.2 Å². The number of nitrogens with zero attached hydrogens (tertiary/aromatic N) is 1. The van der Waals surface area contributed by atoms with Crippen LogP contribution in [0.4, 0.5) is 5.69 Å². The Kier molecular flexibility index (Phi) is 4.11. The van der Waals surface area contributed by atoms with Crippen molar-refractivity contribution in [2.75, 3.05) is 5.32 Å². The lowest BCUT2D eigenvalue weighted by atomic mass is 10.1. The molecule has 4 amide bonds. The van der Waals surface area contributed by atoms with Crippen LogP contribution in [0.5, 0.6) is 0 Å². The minimum atomic E-state index is -1.22. The van der Waals surface area contributed by atoms with Crippen molar-refractivity contribution in [1.82, 2.24) is 10.4 Å². The van der Waals surface area contributed by atoms with Crippen molar-refractivity contribution in [3.8, 4) is 0 Å². The molecule has 0 unspecified atom stereocenters. The number of hydroxylamine groups is 2. The molecule has 0 bridgehead atoms. The monoisotopic (exact) mass is 379 g/mol. The van der Waals surface area contributed by atoms with Crippen molar-refractivity contribution >= 4 is 35.3 Å². The molecule has 2 aromatic carbocycles. The Morgan fingerprint density at radius 1 is 0.893 bits per heavy atom. The van der Waals surface area contributed by atoms with Crippen molar-refractivity contribution in [2.45, 2.75) is 12.5 Å². The fourth-order valence-corrected chi connectivity index (χ4v) is 3.01. The third-order valence-corrected chi connectivity index (χ3v) is 4.37. The third kappa shape index (κ3) is 2.88. The molecule has 2 aromatic rings. The first kappa shape index (κ1) is 17.4. The number of benzene rings is 2. The number of anilines is 1. The molecule has 1 atom stereocenters. The summed E-state index contributed by atoms with van der Waals surface area (Å²) >= 11 is 0. The normalized spacial score (nSPS) is 18.0. The van der Waals surface area contributed by atoms with Gasteiger partial charge in [0.05, 0.1) is 28.8 Å². The highest BCUT2D eigenvalue weighted by molar-refractivity contribution is 6.21. The molecule has 0 saturated carbocycles. The lowest BCUT2D eigenvalue weighted by molar-refractivity contribution is -0.169. The highest BCUT2D eigenvalue weighted by Gasteiger charge is 2.39. The minimum Gasteiger partial charge on any atom is -0.340 e. The molecule has 9 nitrogen and oxygen atoms in total. The maximum absolute atomic E-state index is 12.3. The van der Waals surface area contributed by atoms with E-state index < -0.39 is 42.1 Å². The number of hydrogen-bond donors (Lipinski definition) is 2. The molecule has 0 radical (unpaired) electrons. The van der Waals surface area contributed by atoms with Crippen LogP contribution in [-0.4, -0.2) is 40.7 Å². The quantitative estimate of drug-likeness (QED) is 0.764. The third-order valence-electron chi connectivity index (χ3n) is 4.37. The van der Waals surface area contributed by atoms with E-state index in [0.29, 0.717) is 10.8 Å². The van der Waals surface area contributed by atoms with E-state index in [2.05, 4.69) is 10.6 Å². The van der Waals surface area contributed by atoms with Gasteiger partial charge in [-0.05, 0) is 24.3 Å². The van der Waals surface area contributed by atoms with E-state index in [1.165, 1.54) is 18.2 Å². The standard InChI is InChI=1S/C19H13N3O6/c23-15(28-22-18(26)10-5-1-2-6-11(10)19(22)27)9-14-17(25)20-13-8-4-3-7-12(13)16(24)21-14/h1-8,14H,9H2,(H,20,25)(H,21,24)/t14-/m0/s1. The molecule has 0 aromatic heterocycles. The fraction of sp³-hybridized carbons (Fsp3) is 0.105. The number of amides is 4. The van der Waals surface area contributed by atoms with Crippen LogP contribution in [0.1, 0.15) is 37.5 Å². The molecule has 140 valence electrons. The van der Waals surface area contributed by atoms with Crippen LogP contribution in [0.25, 0.3) is 0 Å².